The van der Waals surface area contributed by atoms with Gasteiger partial charge in [0.15, 0.2) is 0 Å². The molecular formula is C19H20N2OS2. The second kappa shape index (κ2) is 8.40. The summed E-state index contributed by atoms with van der Waals surface area (Å²) in [5.41, 5.74) is 4.43. The van der Waals surface area contributed by atoms with E-state index in [-0.39, 0.29) is 5.91 Å². The maximum Gasteiger partial charge on any atom is 0.234 e. The Labute approximate surface area is 151 Å². The highest BCUT2D eigenvalue weighted by molar-refractivity contribution is 8.38. The van der Waals surface area contributed by atoms with E-state index in [0.717, 1.165) is 34.3 Å². The third kappa shape index (κ3) is 4.65. The number of benzene rings is 2. The number of aliphatic imine (C=N–C) groups is 1. The van der Waals surface area contributed by atoms with Crippen molar-refractivity contribution in [3.05, 3.63) is 59.7 Å². The Kier molecular flexibility index (Phi) is 5.99. The highest BCUT2D eigenvalue weighted by Gasteiger charge is 2.14. The summed E-state index contributed by atoms with van der Waals surface area (Å²) in [7, 11) is 0. The minimum atomic E-state index is 0.00500. The van der Waals surface area contributed by atoms with Gasteiger partial charge in [-0.15, -0.1) is 0 Å². The molecule has 124 valence electrons. The van der Waals surface area contributed by atoms with E-state index in [0.29, 0.717) is 5.75 Å². The summed E-state index contributed by atoms with van der Waals surface area (Å²) in [6.07, 6.45) is 2.20. The lowest BCUT2D eigenvalue weighted by atomic mass is 10.1. The molecule has 2 aromatic carbocycles. The zero-order valence-electron chi connectivity index (χ0n) is 13.6. The molecule has 1 heterocycles. The fraction of sp³-hybridized carbons (Fsp3) is 0.263. The average molecular weight is 357 g/mol. The number of amides is 1. The molecule has 0 atom stereocenters. The molecule has 0 unspecified atom stereocenters. The van der Waals surface area contributed by atoms with E-state index in [4.69, 9.17) is 0 Å². The number of carbonyl (C=O) groups excluding carboxylic acids is 1. The highest BCUT2D eigenvalue weighted by atomic mass is 32.2. The molecule has 0 saturated heterocycles. The molecule has 0 bridgehead atoms. The molecule has 1 aliphatic heterocycles. The summed E-state index contributed by atoms with van der Waals surface area (Å²) in [6, 6.07) is 16.2. The lowest BCUT2D eigenvalue weighted by Crippen LogP contribution is -2.15. The topological polar surface area (TPSA) is 41.5 Å². The smallest absolute Gasteiger partial charge is 0.234 e. The van der Waals surface area contributed by atoms with E-state index in [1.54, 1.807) is 11.8 Å². The van der Waals surface area contributed by atoms with Crippen LogP contribution in [0.5, 0.6) is 0 Å². The quantitative estimate of drug-likeness (QED) is 0.796. The van der Waals surface area contributed by atoms with Crippen LogP contribution in [0, 0.1) is 0 Å². The molecule has 5 heteroatoms. The fourth-order valence-electron chi connectivity index (χ4n) is 2.45. The summed E-state index contributed by atoms with van der Waals surface area (Å²) < 4.78 is 0.960. The normalized spacial score (nSPS) is 13.1. The Hall–Kier alpha value is -1.72. The Bertz CT molecular complexity index is 741. The first-order valence-corrected chi connectivity index (χ1v) is 10.0. The van der Waals surface area contributed by atoms with Crippen LogP contribution in [0.25, 0.3) is 0 Å². The molecule has 1 N–H and O–H groups in total. The SMILES string of the molecule is CCCc1ccc(NC(=O)CSC2=Nc3ccccc3CS2)cc1. The van der Waals surface area contributed by atoms with Gasteiger partial charge in [-0.2, -0.15) is 0 Å². The van der Waals surface area contributed by atoms with Crippen LogP contribution in [0.2, 0.25) is 0 Å². The predicted octanol–water partition coefficient (Wildman–Crippen LogP) is 5.25. The van der Waals surface area contributed by atoms with Gasteiger partial charge in [-0.05, 0) is 35.7 Å². The number of aryl methyl sites for hydroxylation is 1. The number of nitrogens with one attached hydrogen (secondary N) is 1. The van der Waals surface area contributed by atoms with Crippen LogP contribution >= 0.6 is 23.5 Å². The molecule has 0 saturated carbocycles. The van der Waals surface area contributed by atoms with E-state index in [2.05, 4.69) is 35.4 Å². The predicted molar refractivity (Wildman–Crippen MR) is 106 cm³/mol. The summed E-state index contributed by atoms with van der Waals surface area (Å²) >= 11 is 3.20. The fourth-order valence-corrected chi connectivity index (χ4v) is 4.32. The zero-order valence-corrected chi connectivity index (χ0v) is 15.3. The number of hydrogen-bond acceptors (Lipinski definition) is 4. The van der Waals surface area contributed by atoms with Gasteiger partial charge >= 0.3 is 0 Å². The number of para-hydroxylation sites is 1. The van der Waals surface area contributed by atoms with E-state index in [1.807, 2.05) is 30.3 Å². The minimum absolute atomic E-state index is 0.00500. The number of nitrogens with zero attached hydrogens (tertiary/aromatic N) is 1. The minimum Gasteiger partial charge on any atom is -0.325 e. The van der Waals surface area contributed by atoms with Crippen LogP contribution in [0.4, 0.5) is 11.4 Å². The van der Waals surface area contributed by atoms with Crippen LogP contribution in [0.15, 0.2) is 53.5 Å². The van der Waals surface area contributed by atoms with Crippen molar-refractivity contribution in [3.8, 4) is 0 Å². The Morgan fingerprint density at radius 2 is 2.00 bits per heavy atom. The molecule has 0 radical (unpaired) electrons. The molecule has 0 aliphatic carbocycles. The Morgan fingerprint density at radius 3 is 2.79 bits per heavy atom. The highest BCUT2D eigenvalue weighted by Crippen LogP contribution is 2.34. The first-order chi connectivity index (χ1) is 11.7. The number of thioether (sulfide) groups is 2. The molecular weight excluding hydrogens is 336 g/mol. The largest absolute Gasteiger partial charge is 0.325 e. The standard InChI is InChI=1S/C19H20N2OS2/c1-2-5-14-8-10-16(11-9-14)20-18(22)13-24-19-21-17-7-4-3-6-15(17)12-23-19/h3-4,6-11H,2,5,12-13H2,1H3,(H,20,22). The number of hydrogen-bond donors (Lipinski definition) is 1. The maximum atomic E-state index is 12.1. The van der Waals surface area contributed by atoms with Gasteiger partial charge in [0, 0.05) is 11.4 Å². The molecule has 2 aromatic rings. The average Bonchev–Trinajstić information content (AvgIpc) is 2.62. The van der Waals surface area contributed by atoms with Gasteiger partial charge in [-0.3, -0.25) is 4.79 Å². The summed E-state index contributed by atoms with van der Waals surface area (Å²) in [5, 5.41) is 2.95. The number of rotatable bonds is 5. The monoisotopic (exact) mass is 356 g/mol. The zero-order chi connectivity index (χ0) is 16.8. The lowest BCUT2D eigenvalue weighted by molar-refractivity contribution is -0.113. The maximum absolute atomic E-state index is 12.1. The molecule has 1 amide bonds. The van der Waals surface area contributed by atoms with Crippen molar-refractivity contribution in [2.24, 2.45) is 4.99 Å². The van der Waals surface area contributed by atoms with Crippen LogP contribution < -0.4 is 5.32 Å². The molecule has 0 aromatic heterocycles. The Morgan fingerprint density at radius 1 is 1.21 bits per heavy atom. The van der Waals surface area contributed by atoms with Crippen molar-refractivity contribution in [1.82, 2.24) is 0 Å². The van der Waals surface area contributed by atoms with Crippen molar-refractivity contribution in [2.45, 2.75) is 25.5 Å². The first-order valence-electron chi connectivity index (χ1n) is 8.05. The van der Waals surface area contributed by atoms with Gasteiger partial charge in [0.25, 0.3) is 0 Å². The van der Waals surface area contributed by atoms with Gasteiger partial charge in [0.2, 0.25) is 5.91 Å². The third-order valence-electron chi connectivity index (χ3n) is 3.66. The van der Waals surface area contributed by atoms with Crippen LogP contribution in [0.1, 0.15) is 24.5 Å². The van der Waals surface area contributed by atoms with Crippen molar-refractivity contribution < 1.29 is 4.79 Å². The van der Waals surface area contributed by atoms with Gasteiger partial charge < -0.3 is 5.32 Å². The van der Waals surface area contributed by atoms with E-state index in [1.165, 1.54) is 22.9 Å². The van der Waals surface area contributed by atoms with E-state index < -0.39 is 0 Å². The van der Waals surface area contributed by atoms with Crippen LogP contribution in [-0.4, -0.2) is 16.0 Å². The molecule has 1 aliphatic rings. The van der Waals surface area contributed by atoms with Crippen molar-refractivity contribution in [2.75, 3.05) is 11.1 Å². The van der Waals surface area contributed by atoms with E-state index >= 15 is 0 Å². The molecule has 3 rings (SSSR count). The van der Waals surface area contributed by atoms with Crippen molar-refractivity contribution >= 4 is 45.2 Å². The molecule has 24 heavy (non-hydrogen) atoms. The molecule has 0 fully saturated rings. The van der Waals surface area contributed by atoms with Gasteiger partial charge in [0.05, 0.1) is 11.4 Å². The van der Waals surface area contributed by atoms with Crippen LogP contribution in [-0.2, 0) is 17.0 Å². The summed E-state index contributed by atoms with van der Waals surface area (Å²) in [4.78, 5) is 16.7. The third-order valence-corrected chi connectivity index (χ3v) is 5.90. The second-order valence-corrected chi connectivity index (χ2v) is 7.77. The number of fused-ring (bicyclic) bond motifs is 1. The van der Waals surface area contributed by atoms with Crippen LogP contribution in [0.3, 0.4) is 0 Å². The lowest BCUT2D eigenvalue weighted by Gasteiger charge is -2.14. The molecule has 0 spiro atoms. The van der Waals surface area contributed by atoms with E-state index in [9.17, 15) is 4.79 Å². The van der Waals surface area contributed by atoms with Crippen molar-refractivity contribution in [1.29, 1.82) is 0 Å². The summed E-state index contributed by atoms with van der Waals surface area (Å²) in [6.45, 7) is 2.16. The first kappa shape index (κ1) is 17.1. The van der Waals surface area contributed by atoms with Gasteiger partial charge in [0.1, 0.15) is 4.38 Å². The number of anilines is 1. The second-order valence-electron chi connectivity index (χ2n) is 5.58. The molecule has 3 nitrogen and oxygen atoms in total. The van der Waals surface area contributed by atoms with Crippen molar-refractivity contribution in [3.63, 3.8) is 0 Å². The number of carbonyl (C=O) groups is 1. The van der Waals surface area contributed by atoms with Gasteiger partial charge in [-0.25, -0.2) is 4.99 Å². The Balaban J connectivity index is 1.52. The summed E-state index contributed by atoms with van der Waals surface area (Å²) in [5.74, 6) is 1.30. The van der Waals surface area contributed by atoms with Gasteiger partial charge in [-0.1, -0.05) is 67.2 Å².